The molecular formula is C23H26N2O4S. The van der Waals surface area contributed by atoms with Crippen molar-refractivity contribution in [2.75, 3.05) is 25.2 Å². The molecule has 2 aromatic rings. The molecule has 2 aromatic carbocycles. The number of rotatable bonds is 6. The van der Waals surface area contributed by atoms with Gasteiger partial charge in [-0.3, -0.25) is 9.59 Å². The van der Waals surface area contributed by atoms with Gasteiger partial charge in [0, 0.05) is 36.5 Å². The molecule has 1 saturated heterocycles. The van der Waals surface area contributed by atoms with Crippen LogP contribution < -0.4 is 14.8 Å². The number of anilines is 1. The number of nitrogens with one attached hydrogen (secondary N) is 1. The van der Waals surface area contributed by atoms with E-state index in [-0.39, 0.29) is 29.8 Å². The van der Waals surface area contributed by atoms with Crippen LogP contribution in [-0.4, -0.2) is 41.8 Å². The van der Waals surface area contributed by atoms with Crippen LogP contribution >= 0.6 is 11.8 Å². The Labute approximate surface area is 180 Å². The highest BCUT2D eigenvalue weighted by Crippen LogP contribution is 2.34. The van der Waals surface area contributed by atoms with Crippen LogP contribution in [0.3, 0.4) is 0 Å². The van der Waals surface area contributed by atoms with E-state index in [4.69, 9.17) is 9.47 Å². The molecule has 2 aliphatic rings. The molecule has 0 spiro atoms. The molecule has 0 aliphatic carbocycles. The van der Waals surface area contributed by atoms with E-state index in [1.165, 1.54) is 5.56 Å². The maximum Gasteiger partial charge on any atom is 0.235 e. The lowest BCUT2D eigenvalue weighted by atomic mass is 9.95. The SMILES string of the molecule is C[C@@H](SCc1ccccc1)C(=O)N1CCC(C(=O)Nc2ccc3c(c2)OCO3)CC1. The number of piperidine rings is 1. The molecule has 2 heterocycles. The molecule has 7 heteroatoms. The van der Waals surface area contributed by atoms with Gasteiger partial charge in [-0.25, -0.2) is 0 Å². The minimum atomic E-state index is -0.0933. The predicted molar refractivity (Wildman–Crippen MR) is 118 cm³/mol. The standard InChI is InChI=1S/C23H26N2O4S/c1-16(30-14-17-5-3-2-4-6-17)23(27)25-11-9-18(10-12-25)22(26)24-19-7-8-20-21(13-19)29-15-28-20/h2-8,13,16,18H,9-12,14-15H2,1H3,(H,24,26)/t16-/m1/s1. The fourth-order valence-electron chi connectivity index (χ4n) is 3.70. The average Bonchev–Trinajstić information content (AvgIpc) is 3.25. The molecule has 158 valence electrons. The van der Waals surface area contributed by atoms with Gasteiger partial charge in [0.1, 0.15) is 0 Å². The van der Waals surface area contributed by atoms with E-state index >= 15 is 0 Å². The average molecular weight is 427 g/mol. The second-order valence-corrected chi connectivity index (χ2v) is 8.92. The summed E-state index contributed by atoms with van der Waals surface area (Å²) >= 11 is 1.66. The number of carbonyl (C=O) groups excluding carboxylic acids is 2. The Morgan fingerprint density at radius 3 is 2.60 bits per heavy atom. The molecule has 6 nitrogen and oxygen atoms in total. The molecule has 1 N–H and O–H groups in total. The normalized spacial score (nSPS) is 16.9. The van der Waals surface area contributed by atoms with Crippen LogP contribution in [0.5, 0.6) is 11.5 Å². The molecule has 0 unspecified atom stereocenters. The number of hydrogen-bond acceptors (Lipinski definition) is 5. The Balaban J connectivity index is 1.23. The smallest absolute Gasteiger partial charge is 0.235 e. The highest BCUT2D eigenvalue weighted by molar-refractivity contribution is 7.99. The van der Waals surface area contributed by atoms with Crippen molar-refractivity contribution in [1.29, 1.82) is 0 Å². The van der Waals surface area contributed by atoms with Gasteiger partial charge in [0.05, 0.1) is 5.25 Å². The molecule has 2 amide bonds. The Morgan fingerprint density at radius 1 is 1.10 bits per heavy atom. The van der Waals surface area contributed by atoms with Gasteiger partial charge in [-0.05, 0) is 37.5 Å². The maximum absolute atomic E-state index is 12.8. The van der Waals surface area contributed by atoms with Crippen LogP contribution in [0.15, 0.2) is 48.5 Å². The van der Waals surface area contributed by atoms with E-state index in [2.05, 4.69) is 17.4 Å². The molecule has 2 aliphatic heterocycles. The van der Waals surface area contributed by atoms with E-state index in [1.807, 2.05) is 36.1 Å². The van der Waals surface area contributed by atoms with E-state index in [1.54, 1.807) is 23.9 Å². The first-order valence-corrected chi connectivity index (χ1v) is 11.3. The van der Waals surface area contributed by atoms with Crippen LogP contribution in [0.1, 0.15) is 25.3 Å². The van der Waals surface area contributed by atoms with Crippen LogP contribution in [0.4, 0.5) is 5.69 Å². The van der Waals surface area contributed by atoms with Gasteiger partial charge >= 0.3 is 0 Å². The second-order valence-electron chi connectivity index (χ2n) is 7.60. The van der Waals surface area contributed by atoms with Crippen molar-refractivity contribution >= 4 is 29.3 Å². The zero-order valence-corrected chi connectivity index (χ0v) is 17.8. The largest absolute Gasteiger partial charge is 0.454 e. The van der Waals surface area contributed by atoms with Gasteiger partial charge in [-0.2, -0.15) is 0 Å². The minimum Gasteiger partial charge on any atom is -0.454 e. The molecule has 0 bridgehead atoms. The van der Waals surface area contributed by atoms with E-state index in [0.29, 0.717) is 43.1 Å². The molecule has 4 rings (SSSR count). The first-order valence-electron chi connectivity index (χ1n) is 10.2. The van der Waals surface area contributed by atoms with Gasteiger partial charge in [0.2, 0.25) is 18.6 Å². The van der Waals surface area contributed by atoms with Crippen molar-refractivity contribution < 1.29 is 19.1 Å². The minimum absolute atomic E-state index is 0.00698. The molecule has 0 saturated carbocycles. The topological polar surface area (TPSA) is 67.9 Å². The van der Waals surface area contributed by atoms with Crippen molar-refractivity contribution in [3.8, 4) is 11.5 Å². The first kappa shape index (κ1) is 20.6. The number of amides is 2. The monoisotopic (exact) mass is 426 g/mol. The number of benzene rings is 2. The molecule has 1 atom stereocenters. The zero-order chi connectivity index (χ0) is 20.9. The van der Waals surface area contributed by atoms with E-state index in [0.717, 1.165) is 5.75 Å². The van der Waals surface area contributed by atoms with Gasteiger partial charge in [0.15, 0.2) is 11.5 Å². The van der Waals surface area contributed by atoms with E-state index in [9.17, 15) is 9.59 Å². The van der Waals surface area contributed by atoms with Crippen molar-refractivity contribution in [3.05, 3.63) is 54.1 Å². The third-order valence-corrected chi connectivity index (χ3v) is 6.71. The third-order valence-electron chi connectivity index (χ3n) is 5.51. The van der Waals surface area contributed by atoms with Crippen molar-refractivity contribution in [1.82, 2.24) is 4.90 Å². The lowest BCUT2D eigenvalue weighted by molar-refractivity contribution is -0.133. The predicted octanol–water partition coefficient (Wildman–Crippen LogP) is 3.91. The fraction of sp³-hybridized carbons (Fsp3) is 0.391. The van der Waals surface area contributed by atoms with Crippen LogP contribution in [-0.2, 0) is 15.3 Å². The van der Waals surface area contributed by atoms with Gasteiger partial charge in [0.25, 0.3) is 0 Å². The first-order chi connectivity index (χ1) is 14.6. The summed E-state index contributed by atoms with van der Waals surface area (Å²) in [6, 6.07) is 15.6. The summed E-state index contributed by atoms with van der Waals surface area (Å²) in [5.41, 5.74) is 1.93. The molecule has 30 heavy (non-hydrogen) atoms. The lowest BCUT2D eigenvalue weighted by Crippen LogP contribution is -2.44. The Bertz CT molecular complexity index is 897. The summed E-state index contributed by atoms with van der Waals surface area (Å²) in [7, 11) is 0. The Morgan fingerprint density at radius 2 is 1.83 bits per heavy atom. The highest BCUT2D eigenvalue weighted by atomic mass is 32.2. The van der Waals surface area contributed by atoms with Crippen molar-refractivity contribution in [2.24, 2.45) is 5.92 Å². The summed E-state index contributed by atoms with van der Waals surface area (Å²) in [6.07, 6.45) is 1.36. The quantitative estimate of drug-likeness (QED) is 0.758. The zero-order valence-electron chi connectivity index (χ0n) is 17.0. The van der Waals surface area contributed by atoms with Gasteiger partial charge in [-0.15, -0.1) is 11.8 Å². The summed E-state index contributed by atoms with van der Waals surface area (Å²) in [5, 5.41) is 2.87. The number of carbonyl (C=O) groups is 2. The number of ether oxygens (including phenoxy) is 2. The van der Waals surface area contributed by atoms with Crippen LogP contribution in [0.2, 0.25) is 0 Å². The van der Waals surface area contributed by atoms with Gasteiger partial charge in [-0.1, -0.05) is 30.3 Å². The molecule has 0 radical (unpaired) electrons. The van der Waals surface area contributed by atoms with Crippen molar-refractivity contribution in [2.45, 2.75) is 30.8 Å². The van der Waals surface area contributed by atoms with Crippen molar-refractivity contribution in [3.63, 3.8) is 0 Å². The number of nitrogens with zero attached hydrogens (tertiary/aromatic N) is 1. The number of hydrogen-bond donors (Lipinski definition) is 1. The van der Waals surface area contributed by atoms with Gasteiger partial charge < -0.3 is 19.7 Å². The maximum atomic E-state index is 12.8. The summed E-state index contributed by atoms with van der Waals surface area (Å²) < 4.78 is 10.7. The lowest BCUT2D eigenvalue weighted by Gasteiger charge is -2.33. The third kappa shape index (κ3) is 4.90. The Hall–Kier alpha value is -2.67. The Kier molecular flexibility index (Phi) is 6.47. The van der Waals surface area contributed by atoms with E-state index < -0.39 is 0 Å². The number of thioether (sulfide) groups is 1. The number of likely N-dealkylation sites (tertiary alicyclic amines) is 1. The fourth-order valence-corrected chi connectivity index (χ4v) is 4.63. The summed E-state index contributed by atoms with van der Waals surface area (Å²) in [4.78, 5) is 27.3. The molecule has 1 fully saturated rings. The number of fused-ring (bicyclic) bond motifs is 1. The van der Waals surface area contributed by atoms with Crippen LogP contribution in [0, 0.1) is 5.92 Å². The second kappa shape index (κ2) is 9.43. The summed E-state index contributed by atoms with van der Waals surface area (Å²) in [6.45, 7) is 3.41. The molecular weight excluding hydrogens is 400 g/mol. The summed E-state index contributed by atoms with van der Waals surface area (Å²) in [5.74, 6) is 2.22. The van der Waals surface area contributed by atoms with Crippen LogP contribution in [0.25, 0.3) is 0 Å². The highest BCUT2D eigenvalue weighted by Gasteiger charge is 2.29. The molecule has 0 aromatic heterocycles.